The Kier molecular flexibility index (Phi) is 3.19. The quantitative estimate of drug-likeness (QED) is 0.725. The molecule has 0 bridgehead atoms. The summed E-state index contributed by atoms with van der Waals surface area (Å²) in [4.78, 5) is 15.9. The SMILES string of the molecule is O=Cc1nc(Cl)sc1C1CCCCC1. The molecule has 0 unspecified atom stereocenters. The number of nitrogens with zero attached hydrogens (tertiary/aromatic N) is 1. The molecule has 0 amide bonds. The molecule has 0 radical (unpaired) electrons. The van der Waals surface area contributed by atoms with Gasteiger partial charge in [0.2, 0.25) is 0 Å². The highest BCUT2D eigenvalue weighted by molar-refractivity contribution is 7.16. The van der Waals surface area contributed by atoms with Crippen molar-refractivity contribution in [2.45, 2.75) is 38.0 Å². The Labute approximate surface area is 92.3 Å². The lowest BCUT2D eigenvalue weighted by molar-refractivity contribution is 0.111. The second-order valence-electron chi connectivity index (χ2n) is 3.67. The number of carbonyl (C=O) groups is 1. The number of thiazole rings is 1. The molecule has 0 aromatic carbocycles. The highest BCUT2D eigenvalue weighted by Crippen LogP contribution is 2.38. The van der Waals surface area contributed by atoms with Crippen molar-refractivity contribution in [3.05, 3.63) is 15.0 Å². The predicted octanol–water partition coefficient (Wildman–Crippen LogP) is 3.66. The van der Waals surface area contributed by atoms with Gasteiger partial charge in [-0.05, 0) is 18.8 Å². The number of carbonyl (C=O) groups excluding carboxylic acids is 1. The molecule has 1 aliphatic carbocycles. The van der Waals surface area contributed by atoms with Crippen LogP contribution in [-0.2, 0) is 0 Å². The average Bonchev–Trinajstić information content (AvgIpc) is 2.61. The maximum absolute atomic E-state index is 10.8. The zero-order valence-electron chi connectivity index (χ0n) is 7.83. The fraction of sp³-hybridized carbons (Fsp3) is 0.600. The number of rotatable bonds is 2. The molecule has 0 N–H and O–H groups in total. The fourth-order valence-electron chi connectivity index (χ4n) is 2.06. The van der Waals surface area contributed by atoms with Crippen LogP contribution in [0.2, 0.25) is 4.47 Å². The van der Waals surface area contributed by atoms with E-state index in [0.717, 1.165) is 11.2 Å². The first-order valence-corrected chi connectivity index (χ1v) is 6.12. The summed E-state index contributed by atoms with van der Waals surface area (Å²) in [5.41, 5.74) is 0.562. The zero-order valence-corrected chi connectivity index (χ0v) is 9.40. The number of aromatic nitrogens is 1. The van der Waals surface area contributed by atoms with E-state index in [0.29, 0.717) is 16.1 Å². The molecule has 1 fully saturated rings. The van der Waals surface area contributed by atoms with E-state index >= 15 is 0 Å². The van der Waals surface area contributed by atoms with Gasteiger partial charge in [0.25, 0.3) is 0 Å². The first-order chi connectivity index (χ1) is 6.81. The van der Waals surface area contributed by atoms with E-state index in [1.807, 2.05) is 0 Å². The highest BCUT2D eigenvalue weighted by Gasteiger charge is 2.21. The van der Waals surface area contributed by atoms with Gasteiger partial charge in [0.05, 0.1) is 0 Å². The van der Waals surface area contributed by atoms with Gasteiger partial charge in [0, 0.05) is 4.88 Å². The largest absolute Gasteiger partial charge is 0.296 e. The first-order valence-electron chi connectivity index (χ1n) is 4.92. The van der Waals surface area contributed by atoms with E-state index in [2.05, 4.69) is 4.98 Å². The highest BCUT2D eigenvalue weighted by atomic mass is 35.5. The standard InChI is InChI=1S/C10H12ClNOS/c11-10-12-8(6-13)9(14-10)7-4-2-1-3-5-7/h6-7H,1-5H2. The van der Waals surface area contributed by atoms with E-state index in [1.165, 1.54) is 43.4 Å². The van der Waals surface area contributed by atoms with Crippen LogP contribution in [0, 0.1) is 0 Å². The van der Waals surface area contributed by atoms with Crippen LogP contribution in [0.25, 0.3) is 0 Å². The summed E-state index contributed by atoms with van der Waals surface area (Å²) in [6, 6.07) is 0. The third kappa shape index (κ3) is 1.98. The fourth-order valence-corrected chi connectivity index (χ4v) is 3.32. The smallest absolute Gasteiger partial charge is 0.184 e. The Bertz CT molecular complexity index is 331. The van der Waals surface area contributed by atoms with E-state index in [9.17, 15) is 4.79 Å². The van der Waals surface area contributed by atoms with Crippen LogP contribution in [0.1, 0.15) is 53.4 Å². The van der Waals surface area contributed by atoms with Gasteiger partial charge in [-0.15, -0.1) is 11.3 Å². The minimum atomic E-state index is 0.493. The summed E-state index contributed by atoms with van der Waals surface area (Å²) < 4.78 is 0.493. The van der Waals surface area contributed by atoms with Gasteiger partial charge in [0.1, 0.15) is 5.69 Å². The second-order valence-corrected chi connectivity index (χ2v) is 5.28. The van der Waals surface area contributed by atoms with E-state index in [1.54, 1.807) is 0 Å². The minimum absolute atomic E-state index is 0.493. The summed E-state index contributed by atoms with van der Waals surface area (Å²) in [6.07, 6.45) is 7.03. The molecule has 1 aliphatic rings. The van der Waals surface area contributed by atoms with Crippen LogP contribution in [0.15, 0.2) is 0 Å². The van der Waals surface area contributed by atoms with Crippen molar-refractivity contribution in [1.82, 2.24) is 4.98 Å². The van der Waals surface area contributed by atoms with Gasteiger partial charge >= 0.3 is 0 Å². The van der Waals surface area contributed by atoms with Crippen molar-refractivity contribution >= 4 is 29.2 Å². The van der Waals surface area contributed by atoms with Crippen LogP contribution in [0.3, 0.4) is 0 Å². The summed E-state index contributed by atoms with van der Waals surface area (Å²) in [6.45, 7) is 0. The number of hydrogen-bond donors (Lipinski definition) is 0. The van der Waals surface area contributed by atoms with Crippen molar-refractivity contribution in [2.75, 3.05) is 0 Å². The molecular formula is C10H12ClNOS. The third-order valence-corrected chi connectivity index (χ3v) is 4.08. The van der Waals surface area contributed by atoms with Crippen LogP contribution in [-0.4, -0.2) is 11.3 Å². The Balaban J connectivity index is 2.24. The summed E-state index contributed by atoms with van der Waals surface area (Å²) >= 11 is 7.28. The van der Waals surface area contributed by atoms with Crippen molar-refractivity contribution in [1.29, 1.82) is 0 Å². The molecule has 0 atom stereocenters. The molecule has 1 aromatic heterocycles. The van der Waals surface area contributed by atoms with E-state index in [-0.39, 0.29) is 0 Å². The lowest BCUT2D eigenvalue weighted by atomic mass is 9.88. The van der Waals surface area contributed by atoms with E-state index < -0.39 is 0 Å². The number of halogens is 1. The van der Waals surface area contributed by atoms with Crippen LogP contribution < -0.4 is 0 Å². The Hall–Kier alpha value is -0.410. The molecule has 76 valence electrons. The maximum Gasteiger partial charge on any atom is 0.184 e. The predicted molar refractivity (Wildman–Crippen MR) is 58.3 cm³/mol. The van der Waals surface area contributed by atoms with Gasteiger partial charge in [-0.1, -0.05) is 30.9 Å². The Morgan fingerprint density at radius 2 is 2.07 bits per heavy atom. The maximum atomic E-state index is 10.8. The summed E-state index contributed by atoms with van der Waals surface area (Å²) in [5, 5.41) is 0. The monoisotopic (exact) mass is 229 g/mol. The molecule has 0 spiro atoms. The summed E-state index contributed by atoms with van der Waals surface area (Å²) in [5.74, 6) is 0.522. The first kappa shape index (κ1) is 10.1. The molecule has 0 aliphatic heterocycles. The molecule has 2 nitrogen and oxygen atoms in total. The lowest BCUT2D eigenvalue weighted by Gasteiger charge is -2.20. The number of hydrogen-bond acceptors (Lipinski definition) is 3. The molecule has 4 heteroatoms. The van der Waals surface area contributed by atoms with Gasteiger partial charge in [-0.25, -0.2) is 4.98 Å². The van der Waals surface area contributed by atoms with E-state index in [4.69, 9.17) is 11.6 Å². The Morgan fingerprint density at radius 3 is 2.71 bits per heavy atom. The molecular weight excluding hydrogens is 218 g/mol. The second kappa shape index (κ2) is 4.41. The third-order valence-electron chi connectivity index (χ3n) is 2.74. The average molecular weight is 230 g/mol. The van der Waals surface area contributed by atoms with Crippen molar-refractivity contribution in [3.63, 3.8) is 0 Å². The lowest BCUT2D eigenvalue weighted by Crippen LogP contribution is -2.04. The van der Waals surface area contributed by atoms with Crippen LogP contribution in [0.4, 0.5) is 0 Å². The van der Waals surface area contributed by atoms with Crippen LogP contribution >= 0.6 is 22.9 Å². The molecule has 2 rings (SSSR count). The molecule has 1 saturated carbocycles. The van der Waals surface area contributed by atoms with Crippen molar-refractivity contribution < 1.29 is 4.79 Å². The summed E-state index contributed by atoms with van der Waals surface area (Å²) in [7, 11) is 0. The molecule has 14 heavy (non-hydrogen) atoms. The molecule has 0 saturated heterocycles. The van der Waals surface area contributed by atoms with Crippen molar-refractivity contribution in [2.24, 2.45) is 0 Å². The normalized spacial score (nSPS) is 18.4. The topological polar surface area (TPSA) is 30.0 Å². The molecule has 1 aromatic rings. The Morgan fingerprint density at radius 1 is 1.36 bits per heavy atom. The van der Waals surface area contributed by atoms with Gasteiger partial charge in [-0.2, -0.15) is 0 Å². The van der Waals surface area contributed by atoms with Gasteiger partial charge < -0.3 is 0 Å². The van der Waals surface area contributed by atoms with Gasteiger partial charge in [0.15, 0.2) is 10.8 Å². The molecule has 1 heterocycles. The number of aldehydes is 1. The minimum Gasteiger partial charge on any atom is -0.296 e. The van der Waals surface area contributed by atoms with Crippen molar-refractivity contribution in [3.8, 4) is 0 Å². The zero-order chi connectivity index (χ0) is 9.97. The van der Waals surface area contributed by atoms with Crippen LogP contribution in [0.5, 0.6) is 0 Å². The van der Waals surface area contributed by atoms with Gasteiger partial charge in [-0.3, -0.25) is 4.79 Å².